The van der Waals surface area contributed by atoms with Gasteiger partial charge in [0.2, 0.25) is 0 Å². The van der Waals surface area contributed by atoms with Gasteiger partial charge in [-0.1, -0.05) is 0 Å². The van der Waals surface area contributed by atoms with Crippen molar-refractivity contribution in [3.05, 3.63) is 0 Å². The molecule has 7 heteroatoms. The average molecular weight is 285 g/mol. The minimum atomic E-state index is -0.997. The van der Waals surface area contributed by atoms with Crippen LogP contribution in [0.3, 0.4) is 0 Å². The second-order valence-electron chi connectivity index (χ2n) is 5.46. The van der Waals surface area contributed by atoms with Crippen molar-refractivity contribution in [3.8, 4) is 0 Å². The van der Waals surface area contributed by atoms with Gasteiger partial charge >= 0.3 is 12.0 Å². The Kier molecular flexibility index (Phi) is 5.19. The lowest BCUT2D eigenvalue weighted by molar-refractivity contribution is -0.142. The molecule has 2 aliphatic heterocycles. The number of ether oxygens (including phenoxy) is 1. The Hall–Kier alpha value is -1.34. The summed E-state index contributed by atoms with van der Waals surface area (Å²) in [7, 11) is 2.14. The number of hydrogen-bond donors (Lipinski definition) is 2. The quantitative estimate of drug-likeness (QED) is 0.693. The summed E-state index contributed by atoms with van der Waals surface area (Å²) >= 11 is 0. The van der Waals surface area contributed by atoms with Gasteiger partial charge in [0.05, 0.1) is 6.61 Å². The van der Waals surface area contributed by atoms with Gasteiger partial charge in [0.1, 0.15) is 6.61 Å². The number of fused-ring (bicyclic) bond motifs is 2. The standard InChI is InChI=1S/C13H23N3O4/c1-15-10-2-3-11(15)8-16(6-4-10)13(19)14-5-7-20-9-12(17)18/h10-11H,2-9H2,1H3,(H,14,19)(H,17,18). The Morgan fingerprint density at radius 1 is 1.30 bits per heavy atom. The molecule has 0 aliphatic carbocycles. The van der Waals surface area contributed by atoms with Crippen molar-refractivity contribution in [2.24, 2.45) is 0 Å². The minimum Gasteiger partial charge on any atom is -0.480 e. The van der Waals surface area contributed by atoms with Crippen LogP contribution < -0.4 is 5.32 Å². The molecule has 7 nitrogen and oxygen atoms in total. The SMILES string of the molecule is CN1C2CCC1CN(C(=O)NCCOCC(=O)O)CC2. The third kappa shape index (κ3) is 3.83. The van der Waals surface area contributed by atoms with Crippen LogP contribution in [0.2, 0.25) is 0 Å². The number of likely N-dealkylation sites (tertiary alicyclic amines) is 1. The maximum atomic E-state index is 12.1. The zero-order valence-corrected chi connectivity index (χ0v) is 11.9. The highest BCUT2D eigenvalue weighted by Gasteiger charge is 2.35. The van der Waals surface area contributed by atoms with E-state index in [1.807, 2.05) is 4.90 Å². The molecule has 2 unspecified atom stereocenters. The summed E-state index contributed by atoms with van der Waals surface area (Å²) in [5, 5.41) is 11.2. The molecule has 2 atom stereocenters. The first-order valence-corrected chi connectivity index (χ1v) is 7.12. The lowest BCUT2D eigenvalue weighted by Crippen LogP contribution is -2.45. The monoisotopic (exact) mass is 285 g/mol. The van der Waals surface area contributed by atoms with Crippen LogP contribution in [0, 0.1) is 0 Å². The van der Waals surface area contributed by atoms with Crippen molar-refractivity contribution in [2.45, 2.75) is 31.3 Å². The molecule has 2 fully saturated rings. The molecule has 0 aromatic rings. The van der Waals surface area contributed by atoms with Crippen molar-refractivity contribution in [1.29, 1.82) is 0 Å². The van der Waals surface area contributed by atoms with Gasteiger partial charge in [0.25, 0.3) is 0 Å². The fourth-order valence-electron chi connectivity index (χ4n) is 2.99. The summed E-state index contributed by atoms with van der Waals surface area (Å²) in [5.41, 5.74) is 0. The topological polar surface area (TPSA) is 82.1 Å². The van der Waals surface area contributed by atoms with Crippen molar-refractivity contribution in [2.75, 3.05) is 39.9 Å². The fourth-order valence-corrected chi connectivity index (χ4v) is 2.99. The number of amides is 2. The Morgan fingerprint density at radius 2 is 2.05 bits per heavy atom. The third-order valence-corrected chi connectivity index (χ3v) is 4.18. The summed E-state index contributed by atoms with van der Waals surface area (Å²) in [6.07, 6.45) is 3.42. The largest absolute Gasteiger partial charge is 0.480 e. The number of carbonyl (C=O) groups excluding carboxylic acids is 1. The summed E-state index contributed by atoms with van der Waals surface area (Å²) in [6.45, 7) is 1.79. The number of carboxylic acids is 1. The molecule has 2 heterocycles. The normalized spacial score (nSPS) is 26.4. The van der Waals surface area contributed by atoms with Crippen molar-refractivity contribution >= 4 is 12.0 Å². The third-order valence-electron chi connectivity index (χ3n) is 4.18. The predicted molar refractivity (Wildman–Crippen MR) is 72.6 cm³/mol. The molecule has 0 saturated carbocycles. The zero-order valence-electron chi connectivity index (χ0n) is 11.9. The maximum Gasteiger partial charge on any atom is 0.329 e. The van der Waals surface area contributed by atoms with Crippen LogP contribution >= 0.6 is 0 Å². The Morgan fingerprint density at radius 3 is 2.80 bits per heavy atom. The molecule has 2 saturated heterocycles. The van der Waals surface area contributed by atoms with Crippen LogP contribution in [0.25, 0.3) is 0 Å². The van der Waals surface area contributed by atoms with Crippen LogP contribution in [0.15, 0.2) is 0 Å². The molecule has 20 heavy (non-hydrogen) atoms. The number of likely N-dealkylation sites (N-methyl/N-ethyl adjacent to an activating group) is 1. The highest BCUT2D eigenvalue weighted by Crippen LogP contribution is 2.28. The van der Waals surface area contributed by atoms with Crippen LogP contribution in [0.5, 0.6) is 0 Å². The Balaban J connectivity index is 1.69. The van der Waals surface area contributed by atoms with E-state index in [9.17, 15) is 9.59 Å². The number of carbonyl (C=O) groups is 2. The Bertz CT molecular complexity index is 364. The molecule has 2 aliphatic rings. The number of urea groups is 1. The summed E-state index contributed by atoms with van der Waals surface area (Å²) < 4.78 is 4.88. The highest BCUT2D eigenvalue weighted by molar-refractivity contribution is 5.74. The Labute approximate surface area is 118 Å². The van der Waals surface area contributed by atoms with E-state index >= 15 is 0 Å². The fraction of sp³-hybridized carbons (Fsp3) is 0.846. The number of aliphatic carboxylic acids is 1. The van der Waals surface area contributed by atoms with E-state index in [0.29, 0.717) is 18.6 Å². The molecule has 2 N–H and O–H groups in total. The molecule has 2 bridgehead atoms. The first kappa shape index (κ1) is 15.1. The van der Waals surface area contributed by atoms with Crippen molar-refractivity contribution in [1.82, 2.24) is 15.1 Å². The summed E-state index contributed by atoms with van der Waals surface area (Å²) in [5.74, 6) is -0.997. The molecule has 0 radical (unpaired) electrons. The van der Waals surface area contributed by atoms with E-state index in [-0.39, 0.29) is 19.2 Å². The molecule has 114 valence electrons. The second kappa shape index (κ2) is 6.90. The molecule has 2 rings (SSSR count). The second-order valence-corrected chi connectivity index (χ2v) is 5.46. The number of hydrogen-bond acceptors (Lipinski definition) is 4. The smallest absolute Gasteiger partial charge is 0.329 e. The van der Waals surface area contributed by atoms with E-state index in [2.05, 4.69) is 17.3 Å². The van der Waals surface area contributed by atoms with Crippen LogP contribution in [-0.4, -0.2) is 78.9 Å². The average Bonchev–Trinajstić information content (AvgIpc) is 2.62. The van der Waals surface area contributed by atoms with Crippen molar-refractivity contribution < 1.29 is 19.4 Å². The molecule has 0 aromatic carbocycles. The summed E-state index contributed by atoms with van der Waals surface area (Å²) in [4.78, 5) is 26.6. The first-order chi connectivity index (χ1) is 9.58. The van der Waals surface area contributed by atoms with E-state index in [0.717, 1.165) is 25.9 Å². The highest BCUT2D eigenvalue weighted by atomic mass is 16.5. The number of nitrogens with zero attached hydrogens (tertiary/aromatic N) is 2. The molecular weight excluding hydrogens is 262 g/mol. The minimum absolute atomic E-state index is 0.0788. The van der Waals surface area contributed by atoms with E-state index in [1.54, 1.807) is 0 Å². The van der Waals surface area contributed by atoms with Gasteiger partial charge in [-0.2, -0.15) is 0 Å². The van der Waals surface area contributed by atoms with E-state index < -0.39 is 5.97 Å². The first-order valence-electron chi connectivity index (χ1n) is 7.12. The van der Waals surface area contributed by atoms with Gasteiger partial charge in [-0.3, -0.25) is 4.90 Å². The van der Waals surface area contributed by atoms with Crippen LogP contribution in [0.4, 0.5) is 4.79 Å². The lowest BCUT2D eigenvalue weighted by Gasteiger charge is -2.26. The molecule has 2 amide bonds. The van der Waals surface area contributed by atoms with Gasteiger partial charge in [0, 0.05) is 31.7 Å². The number of carboxylic acid groups (broad SMARTS) is 1. The number of nitrogens with one attached hydrogen (secondary N) is 1. The zero-order chi connectivity index (χ0) is 14.5. The molecule has 0 spiro atoms. The predicted octanol–water partition coefficient (Wildman–Crippen LogP) is -0.0343. The van der Waals surface area contributed by atoms with Gasteiger partial charge < -0.3 is 20.1 Å². The van der Waals surface area contributed by atoms with Crippen molar-refractivity contribution in [3.63, 3.8) is 0 Å². The van der Waals surface area contributed by atoms with Crippen LogP contribution in [0.1, 0.15) is 19.3 Å². The molecule has 0 aromatic heterocycles. The number of rotatable bonds is 5. The molecular formula is C13H23N3O4. The van der Waals surface area contributed by atoms with E-state index in [4.69, 9.17) is 9.84 Å². The summed E-state index contributed by atoms with van der Waals surface area (Å²) in [6, 6.07) is 0.998. The van der Waals surface area contributed by atoms with Gasteiger partial charge in [0.15, 0.2) is 0 Å². The maximum absolute atomic E-state index is 12.1. The van der Waals surface area contributed by atoms with Gasteiger partial charge in [-0.05, 0) is 26.3 Å². The van der Waals surface area contributed by atoms with Gasteiger partial charge in [-0.25, -0.2) is 9.59 Å². The van der Waals surface area contributed by atoms with E-state index in [1.165, 1.54) is 6.42 Å². The van der Waals surface area contributed by atoms with Crippen LogP contribution in [-0.2, 0) is 9.53 Å². The van der Waals surface area contributed by atoms with Gasteiger partial charge in [-0.15, -0.1) is 0 Å². The lowest BCUT2D eigenvalue weighted by atomic mass is 10.1.